The first-order valence-electron chi connectivity index (χ1n) is 3.62. The number of hydrogen-bond donors (Lipinski definition) is 2. The molecule has 0 aromatic carbocycles. The Labute approximate surface area is 82.4 Å². The van der Waals surface area contributed by atoms with E-state index in [9.17, 15) is 4.79 Å². The maximum Gasteiger partial charge on any atom is 0.217 e. The van der Waals surface area contributed by atoms with Crippen LogP contribution < -0.4 is 0 Å². The van der Waals surface area contributed by atoms with Gasteiger partial charge in [-0.1, -0.05) is 26.1 Å². The Morgan fingerprint density at radius 1 is 1.50 bits per heavy atom. The van der Waals surface area contributed by atoms with Gasteiger partial charge in [-0.3, -0.25) is 4.79 Å². The van der Waals surface area contributed by atoms with Gasteiger partial charge in [0.15, 0.2) is 0 Å². The average molecular weight is 201 g/mol. The number of pyridine rings is 1. The van der Waals surface area contributed by atoms with Gasteiger partial charge in [0.2, 0.25) is 5.12 Å². The quantitative estimate of drug-likeness (QED) is 0.541. The predicted molar refractivity (Wildman–Crippen MR) is 56.3 cm³/mol. The summed E-state index contributed by atoms with van der Waals surface area (Å²) in [5.74, 6) is 0. The van der Waals surface area contributed by atoms with E-state index in [1.54, 1.807) is 12.1 Å². The summed E-state index contributed by atoms with van der Waals surface area (Å²) in [6.07, 6.45) is 1.54. The number of H-pyrrole nitrogens is 1. The molecule has 0 aliphatic carbocycles. The van der Waals surface area contributed by atoms with Crippen molar-refractivity contribution in [3.63, 3.8) is 0 Å². The molecule has 66 valence electrons. The highest BCUT2D eigenvalue weighted by atomic mass is 32.1. The van der Waals surface area contributed by atoms with Crippen LogP contribution in [0.15, 0.2) is 18.3 Å². The van der Waals surface area contributed by atoms with Crippen LogP contribution in [0.5, 0.6) is 0 Å². The fourth-order valence-corrected chi connectivity index (χ4v) is 0.810. The molecule has 0 unspecified atom stereocenters. The predicted octanol–water partition coefficient (Wildman–Crippen LogP) is 2.84. The van der Waals surface area contributed by atoms with Gasteiger partial charge in [0, 0.05) is 11.8 Å². The lowest BCUT2D eigenvalue weighted by Crippen LogP contribution is -1.88. The molecule has 0 aliphatic rings. The maximum atomic E-state index is 10.6. The first-order chi connectivity index (χ1) is 5.70. The summed E-state index contributed by atoms with van der Waals surface area (Å²) in [4.78, 5) is 13.3. The second-order valence-electron chi connectivity index (χ2n) is 1.75. The zero-order valence-electron chi connectivity index (χ0n) is 7.00. The first-order valence-corrected chi connectivity index (χ1v) is 4.48. The highest BCUT2D eigenvalue weighted by Gasteiger charge is 1.95. The van der Waals surface area contributed by atoms with Crippen LogP contribution in [0, 0.1) is 4.64 Å². The van der Waals surface area contributed by atoms with E-state index in [-0.39, 0.29) is 5.12 Å². The molecule has 0 radical (unpaired) electrons. The Bertz CT molecular complexity index is 286. The normalized spacial score (nSPS) is 8.25. The van der Waals surface area contributed by atoms with Crippen LogP contribution >= 0.6 is 24.8 Å². The van der Waals surface area contributed by atoms with E-state index in [2.05, 4.69) is 17.6 Å². The lowest BCUT2D eigenvalue weighted by molar-refractivity contribution is 0.109. The van der Waals surface area contributed by atoms with Crippen molar-refractivity contribution in [1.29, 1.82) is 0 Å². The Morgan fingerprint density at radius 2 is 2.08 bits per heavy atom. The molecule has 0 bridgehead atoms. The molecule has 4 heteroatoms. The topological polar surface area (TPSA) is 32.9 Å². The largest absolute Gasteiger partial charge is 0.352 e. The van der Waals surface area contributed by atoms with Crippen LogP contribution in [0.1, 0.15) is 24.2 Å². The van der Waals surface area contributed by atoms with E-state index in [0.29, 0.717) is 10.2 Å². The molecule has 0 spiro atoms. The van der Waals surface area contributed by atoms with Gasteiger partial charge >= 0.3 is 0 Å². The summed E-state index contributed by atoms with van der Waals surface area (Å²) >= 11 is 8.40. The average Bonchev–Trinajstić information content (AvgIpc) is 2.09. The van der Waals surface area contributed by atoms with Gasteiger partial charge < -0.3 is 4.98 Å². The van der Waals surface area contributed by atoms with Crippen molar-refractivity contribution < 1.29 is 4.79 Å². The minimum Gasteiger partial charge on any atom is -0.352 e. The van der Waals surface area contributed by atoms with Crippen LogP contribution in [-0.2, 0) is 0 Å². The summed E-state index contributed by atoms with van der Waals surface area (Å²) < 4.78 is 0.610. The van der Waals surface area contributed by atoms with Gasteiger partial charge in [-0.25, -0.2) is 0 Å². The Morgan fingerprint density at radius 3 is 2.42 bits per heavy atom. The van der Waals surface area contributed by atoms with E-state index >= 15 is 0 Å². The lowest BCUT2D eigenvalue weighted by Gasteiger charge is -1.90. The molecule has 1 rings (SSSR count). The minimum absolute atomic E-state index is 0.258. The van der Waals surface area contributed by atoms with E-state index in [4.69, 9.17) is 12.2 Å². The van der Waals surface area contributed by atoms with Crippen molar-refractivity contribution in [2.75, 3.05) is 0 Å². The monoisotopic (exact) mass is 201 g/mol. The number of hydrogen-bond acceptors (Lipinski definition) is 2. The van der Waals surface area contributed by atoms with Crippen molar-refractivity contribution >= 4 is 30.0 Å². The van der Waals surface area contributed by atoms with Crippen molar-refractivity contribution in [2.24, 2.45) is 0 Å². The fraction of sp³-hybridized carbons (Fsp3) is 0.250. The van der Waals surface area contributed by atoms with Gasteiger partial charge in [0.25, 0.3) is 0 Å². The molecular weight excluding hydrogens is 190 g/mol. The fourth-order valence-electron chi connectivity index (χ4n) is 0.544. The summed E-state index contributed by atoms with van der Waals surface area (Å²) in [6, 6.07) is 3.28. The molecule has 1 aromatic rings. The number of aromatic amines is 1. The zero-order valence-corrected chi connectivity index (χ0v) is 8.71. The molecule has 0 saturated heterocycles. The molecule has 1 aromatic heterocycles. The third-order valence-electron chi connectivity index (χ3n) is 1.03. The number of thiol groups is 1. The highest BCUT2D eigenvalue weighted by molar-refractivity contribution is 7.97. The Balaban J connectivity index is 0.000000561. The van der Waals surface area contributed by atoms with E-state index in [0.717, 1.165) is 0 Å². The maximum absolute atomic E-state index is 10.6. The van der Waals surface area contributed by atoms with Gasteiger partial charge in [-0.2, -0.15) is 0 Å². The Hall–Kier alpha value is -0.610. The summed E-state index contributed by atoms with van der Waals surface area (Å²) in [6.45, 7) is 4.00. The van der Waals surface area contributed by atoms with Crippen molar-refractivity contribution in [1.82, 2.24) is 4.98 Å². The number of carbonyl (C=O) groups is 1. The molecule has 1 heterocycles. The second-order valence-corrected chi connectivity index (χ2v) is 2.59. The standard InChI is InChI=1S/C6H5NOS2.C2H6/c8-6(10)4-1-2-5(9)7-3-4;1-2/h1-3H,(H,7,9)(H,8,10);1-2H3. The van der Waals surface area contributed by atoms with E-state index in [1.165, 1.54) is 6.20 Å². The van der Waals surface area contributed by atoms with Crippen LogP contribution in [0.4, 0.5) is 0 Å². The third-order valence-corrected chi connectivity index (χ3v) is 1.54. The summed E-state index contributed by atoms with van der Waals surface area (Å²) in [5, 5.41) is -0.258. The third kappa shape index (κ3) is 3.69. The number of rotatable bonds is 1. The Kier molecular flexibility index (Phi) is 5.66. The lowest BCUT2D eigenvalue weighted by atomic mass is 10.3. The second kappa shape index (κ2) is 5.97. The molecule has 0 aliphatic heterocycles. The van der Waals surface area contributed by atoms with Gasteiger partial charge in [-0.15, -0.1) is 12.6 Å². The zero-order chi connectivity index (χ0) is 9.56. The molecular formula is C8H11NOS2. The van der Waals surface area contributed by atoms with Gasteiger partial charge in [0.1, 0.15) is 4.64 Å². The van der Waals surface area contributed by atoms with E-state index in [1.807, 2.05) is 13.8 Å². The van der Waals surface area contributed by atoms with Crippen LogP contribution in [0.3, 0.4) is 0 Å². The SMILES string of the molecule is CC.O=C(S)c1ccc(=S)[nH]c1. The number of aromatic nitrogens is 1. The summed E-state index contributed by atoms with van der Waals surface area (Å²) in [7, 11) is 0. The molecule has 0 saturated carbocycles. The van der Waals surface area contributed by atoms with Crippen molar-refractivity contribution in [3.05, 3.63) is 28.5 Å². The van der Waals surface area contributed by atoms with Crippen LogP contribution in [0.25, 0.3) is 0 Å². The molecule has 1 N–H and O–H groups in total. The number of carbonyl (C=O) groups excluding carboxylic acids is 1. The van der Waals surface area contributed by atoms with E-state index < -0.39 is 0 Å². The van der Waals surface area contributed by atoms with Gasteiger partial charge in [0.05, 0.1) is 0 Å². The van der Waals surface area contributed by atoms with Crippen molar-refractivity contribution in [3.8, 4) is 0 Å². The van der Waals surface area contributed by atoms with Crippen LogP contribution in [-0.4, -0.2) is 10.1 Å². The van der Waals surface area contributed by atoms with Crippen molar-refractivity contribution in [2.45, 2.75) is 13.8 Å². The smallest absolute Gasteiger partial charge is 0.217 e. The number of nitrogens with one attached hydrogen (secondary N) is 1. The molecule has 0 fully saturated rings. The highest BCUT2D eigenvalue weighted by Crippen LogP contribution is 1.99. The minimum atomic E-state index is -0.258. The molecule has 2 nitrogen and oxygen atoms in total. The molecule has 12 heavy (non-hydrogen) atoms. The summed E-state index contributed by atoms with van der Waals surface area (Å²) in [5.41, 5.74) is 0.525. The van der Waals surface area contributed by atoms with Crippen LogP contribution in [0.2, 0.25) is 0 Å². The first kappa shape index (κ1) is 11.4. The molecule has 0 atom stereocenters. The molecule has 0 amide bonds. The van der Waals surface area contributed by atoms with Gasteiger partial charge in [-0.05, 0) is 12.1 Å².